The Morgan fingerprint density at radius 2 is 1.71 bits per heavy atom. The van der Waals surface area contributed by atoms with E-state index in [-0.39, 0.29) is 23.2 Å². The number of rotatable bonds is 7. The smallest absolute Gasteiger partial charge is 0.239 e. The minimum atomic E-state index is -1.09. The van der Waals surface area contributed by atoms with Crippen LogP contribution in [0.4, 0.5) is 0 Å². The number of carbonyl (C=O) groups is 1. The molecule has 1 aliphatic rings. The molecule has 3 nitrogen and oxygen atoms in total. The highest BCUT2D eigenvalue weighted by molar-refractivity contribution is 7.87. The molecule has 1 amide bonds. The van der Waals surface area contributed by atoms with E-state index in [0.717, 1.165) is 25.7 Å². The van der Waals surface area contributed by atoms with Crippen molar-refractivity contribution in [2.75, 3.05) is 0 Å². The molecule has 21 heavy (non-hydrogen) atoms. The molecule has 0 saturated heterocycles. The lowest BCUT2D eigenvalue weighted by Gasteiger charge is -2.35. The zero-order valence-corrected chi connectivity index (χ0v) is 14.8. The van der Waals surface area contributed by atoms with E-state index >= 15 is 0 Å². The van der Waals surface area contributed by atoms with Crippen LogP contribution in [0.2, 0.25) is 0 Å². The van der Waals surface area contributed by atoms with Crippen molar-refractivity contribution in [3.8, 4) is 0 Å². The van der Waals surface area contributed by atoms with Gasteiger partial charge in [0.05, 0.1) is 0 Å². The summed E-state index contributed by atoms with van der Waals surface area (Å²) < 4.78 is 12.9. The summed E-state index contributed by atoms with van der Waals surface area (Å²) in [6.07, 6.45) is 7.76. The molecule has 0 unspecified atom stereocenters. The molecule has 0 spiro atoms. The molecule has 0 aromatic heterocycles. The normalized spacial score (nSPS) is 19.5. The number of amides is 1. The third-order valence-corrected chi connectivity index (χ3v) is 6.27. The number of hydrogen-bond acceptors (Lipinski definition) is 2. The van der Waals surface area contributed by atoms with Crippen LogP contribution >= 0.6 is 0 Å². The first kappa shape index (κ1) is 18.4. The summed E-state index contributed by atoms with van der Waals surface area (Å²) in [6.45, 7) is 11.8. The summed E-state index contributed by atoms with van der Waals surface area (Å²) >= 11 is 0. The first-order chi connectivity index (χ1) is 9.90. The van der Waals surface area contributed by atoms with Crippen LogP contribution in [0.5, 0.6) is 0 Å². The minimum absolute atomic E-state index is 0.0313. The molecular weight excluding hydrogens is 282 g/mol. The molecule has 2 atom stereocenters. The van der Waals surface area contributed by atoms with Gasteiger partial charge < -0.3 is 4.90 Å². The highest BCUT2D eigenvalue weighted by Gasteiger charge is 2.35. The molecular formula is C17H31NO2S. The van der Waals surface area contributed by atoms with Gasteiger partial charge in [-0.2, -0.15) is 0 Å². The molecule has 1 rings (SSSR count). The van der Waals surface area contributed by atoms with Gasteiger partial charge in [-0.05, 0) is 47.0 Å². The van der Waals surface area contributed by atoms with Crippen molar-refractivity contribution in [3.05, 3.63) is 12.7 Å². The van der Waals surface area contributed by atoms with E-state index in [4.69, 9.17) is 0 Å². The van der Waals surface area contributed by atoms with Gasteiger partial charge in [0.25, 0.3) is 0 Å². The fraction of sp³-hybridized carbons (Fsp3) is 0.824. The van der Waals surface area contributed by atoms with E-state index in [0.29, 0.717) is 6.42 Å². The quantitative estimate of drug-likeness (QED) is 0.673. The first-order valence-corrected chi connectivity index (χ1v) is 9.50. The van der Waals surface area contributed by atoms with Crippen LogP contribution in [0.15, 0.2) is 12.7 Å². The summed E-state index contributed by atoms with van der Waals surface area (Å²) in [5.41, 5.74) is 0. The monoisotopic (exact) mass is 313 g/mol. The van der Waals surface area contributed by atoms with Crippen LogP contribution in [0, 0.1) is 0 Å². The van der Waals surface area contributed by atoms with E-state index in [1.54, 1.807) is 6.08 Å². The summed E-state index contributed by atoms with van der Waals surface area (Å²) in [7, 11) is -1.09. The van der Waals surface area contributed by atoms with E-state index in [1.807, 2.05) is 32.6 Å². The molecule has 0 N–H and O–H groups in total. The Morgan fingerprint density at radius 1 is 1.19 bits per heavy atom. The molecule has 0 bridgehead atoms. The predicted octanol–water partition coefficient (Wildman–Crippen LogP) is 3.66. The maximum atomic E-state index is 12.9. The molecule has 0 aromatic carbocycles. The molecule has 0 aliphatic heterocycles. The maximum Gasteiger partial charge on any atom is 0.239 e. The topological polar surface area (TPSA) is 37.4 Å². The zero-order valence-electron chi connectivity index (χ0n) is 14.0. The van der Waals surface area contributed by atoms with Crippen molar-refractivity contribution >= 4 is 16.7 Å². The fourth-order valence-electron chi connectivity index (χ4n) is 3.25. The lowest BCUT2D eigenvalue weighted by atomic mass is 10.0. The Bertz CT molecular complexity index is 365. The van der Waals surface area contributed by atoms with Crippen molar-refractivity contribution < 1.29 is 9.00 Å². The molecule has 0 radical (unpaired) electrons. The highest BCUT2D eigenvalue weighted by Crippen LogP contribution is 2.26. The predicted molar refractivity (Wildman–Crippen MR) is 90.7 cm³/mol. The Labute approximate surface area is 132 Å². The third-order valence-electron chi connectivity index (χ3n) is 4.18. The average Bonchev–Trinajstić information content (AvgIpc) is 2.44. The SMILES string of the molecule is C=CC[C@@H](C(=O)N(C(C)C)C(C)C)[S@@](=O)C1CCCCC1. The number of hydrogen-bond donors (Lipinski definition) is 0. The summed E-state index contributed by atoms with van der Waals surface area (Å²) in [4.78, 5) is 14.8. The van der Waals surface area contributed by atoms with E-state index < -0.39 is 16.0 Å². The first-order valence-electron chi connectivity index (χ1n) is 8.22. The Morgan fingerprint density at radius 3 is 2.14 bits per heavy atom. The van der Waals surface area contributed by atoms with Gasteiger partial charge in [0.2, 0.25) is 5.91 Å². The van der Waals surface area contributed by atoms with Crippen molar-refractivity contribution in [1.82, 2.24) is 4.90 Å². The lowest BCUT2D eigenvalue weighted by molar-refractivity contribution is -0.134. The van der Waals surface area contributed by atoms with E-state index in [1.165, 1.54) is 6.42 Å². The Hall–Kier alpha value is -0.640. The van der Waals surface area contributed by atoms with Gasteiger partial charge in [0.1, 0.15) is 5.25 Å². The van der Waals surface area contributed by atoms with Crippen LogP contribution in [-0.2, 0) is 15.6 Å². The van der Waals surface area contributed by atoms with Crippen LogP contribution in [0.3, 0.4) is 0 Å². The summed E-state index contributed by atoms with van der Waals surface area (Å²) in [6, 6.07) is 0.265. The number of carbonyl (C=O) groups excluding carboxylic acids is 1. The molecule has 0 aromatic rings. The van der Waals surface area contributed by atoms with Crippen LogP contribution < -0.4 is 0 Å². The second kappa shape index (κ2) is 8.72. The third kappa shape index (κ3) is 4.94. The van der Waals surface area contributed by atoms with Gasteiger partial charge in [-0.25, -0.2) is 0 Å². The average molecular weight is 314 g/mol. The van der Waals surface area contributed by atoms with E-state index in [9.17, 15) is 9.00 Å². The standard InChI is InChI=1S/C17H31NO2S/c1-6-10-16(17(19)18(13(2)3)14(4)5)21(20)15-11-8-7-9-12-15/h6,13-16H,1,7-12H2,2-5H3/t16-,21-/m0/s1. The van der Waals surface area contributed by atoms with Crippen molar-refractivity contribution in [2.45, 2.75) is 88.8 Å². The van der Waals surface area contributed by atoms with Gasteiger partial charge in [-0.1, -0.05) is 25.3 Å². The summed E-state index contributed by atoms with van der Waals surface area (Å²) in [5, 5.41) is -0.232. The van der Waals surface area contributed by atoms with Gasteiger partial charge >= 0.3 is 0 Å². The Kier molecular flexibility index (Phi) is 7.64. The van der Waals surface area contributed by atoms with Gasteiger partial charge in [0, 0.05) is 28.1 Å². The molecule has 1 aliphatic carbocycles. The molecule has 1 saturated carbocycles. The molecule has 1 fully saturated rings. The molecule has 122 valence electrons. The van der Waals surface area contributed by atoms with Gasteiger partial charge in [-0.3, -0.25) is 9.00 Å². The van der Waals surface area contributed by atoms with Crippen LogP contribution in [0.25, 0.3) is 0 Å². The van der Waals surface area contributed by atoms with Crippen LogP contribution in [0.1, 0.15) is 66.2 Å². The molecule has 0 heterocycles. The maximum absolute atomic E-state index is 12.9. The minimum Gasteiger partial charge on any atom is -0.337 e. The number of allylic oxidation sites excluding steroid dienone is 1. The lowest BCUT2D eigenvalue weighted by Crippen LogP contribution is -2.49. The van der Waals surface area contributed by atoms with Crippen molar-refractivity contribution in [1.29, 1.82) is 0 Å². The largest absolute Gasteiger partial charge is 0.337 e. The second-order valence-corrected chi connectivity index (χ2v) is 8.43. The summed E-state index contributed by atoms with van der Waals surface area (Å²) in [5.74, 6) is 0.0313. The van der Waals surface area contributed by atoms with E-state index in [2.05, 4.69) is 6.58 Å². The van der Waals surface area contributed by atoms with Gasteiger partial charge in [0.15, 0.2) is 0 Å². The van der Waals surface area contributed by atoms with Gasteiger partial charge in [-0.15, -0.1) is 6.58 Å². The second-order valence-electron chi connectivity index (χ2n) is 6.53. The van der Waals surface area contributed by atoms with Crippen molar-refractivity contribution in [2.24, 2.45) is 0 Å². The Balaban J connectivity index is 2.90. The number of nitrogens with zero attached hydrogens (tertiary/aromatic N) is 1. The highest BCUT2D eigenvalue weighted by atomic mass is 32.2. The van der Waals surface area contributed by atoms with Crippen molar-refractivity contribution in [3.63, 3.8) is 0 Å². The van der Waals surface area contributed by atoms with Crippen LogP contribution in [-0.4, -0.2) is 37.6 Å². The zero-order chi connectivity index (χ0) is 16.0. The molecule has 4 heteroatoms. The fourth-order valence-corrected chi connectivity index (χ4v) is 5.16.